The highest BCUT2D eigenvalue weighted by molar-refractivity contribution is 5.17. The molecule has 0 saturated carbocycles. The van der Waals surface area contributed by atoms with Gasteiger partial charge in [-0.15, -0.1) is 0 Å². The van der Waals surface area contributed by atoms with E-state index >= 15 is 0 Å². The molecular formula is C18H18N6. The fourth-order valence-electron chi connectivity index (χ4n) is 2.20. The maximum absolute atomic E-state index is 3.95. The quantitative estimate of drug-likeness (QED) is 0.606. The number of aromatic nitrogens is 6. The Hall–Kier alpha value is -3.28. The first-order valence-corrected chi connectivity index (χ1v) is 7.62. The third-order valence-corrected chi connectivity index (χ3v) is 3.40. The Morgan fingerprint density at radius 2 is 1.00 bits per heavy atom. The molecule has 24 heavy (non-hydrogen) atoms. The van der Waals surface area contributed by atoms with Crippen molar-refractivity contribution >= 4 is 0 Å². The summed E-state index contributed by atoms with van der Waals surface area (Å²) in [5.74, 6) is 0. The van der Waals surface area contributed by atoms with Crippen LogP contribution in [-0.4, -0.2) is 29.9 Å². The first-order valence-electron chi connectivity index (χ1n) is 7.62. The minimum absolute atomic E-state index is 0.891. The van der Waals surface area contributed by atoms with E-state index in [1.807, 2.05) is 36.7 Å². The largest absolute Gasteiger partial charge is 0.348 e. The molecule has 4 rings (SSSR count). The molecule has 4 heterocycles. The molecule has 0 bridgehead atoms. The predicted octanol–water partition coefficient (Wildman–Crippen LogP) is 2.79. The van der Waals surface area contributed by atoms with E-state index in [1.54, 1.807) is 37.4 Å². The van der Waals surface area contributed by atoms with Gasteiger partial charge in [0.15, 0.2) is 0 Å². The fourth-order valence-corrected chi connectivity index (χ4v) is 2.20. The Morgan fingerprint density at radius 3 is 1.33 bits per heavy atom. The Bertz CT molecular complexity index is 724. The normalized spacial score (nSPS) is 10.0. The number of H-pyrrole nitrogens is 2. The fraction of sp³-hybridized carbons (Fsp3) is 0.111. The Kier molecular flexibility index (Phi) is 5.45. The minimum Gasteiger partial charge on any atom is -0.348 e. The average Bonchev–Trinajstić information content (AvgIpc) is 3.32. The van der Waals surface area contributed by atoms with E-state index in [-0.39, 0.29) is 0 Å². The van der Waals surface area contributed by atoms with Crippen LogP contribution in [0.5, 0.6) is 0 Å². The number of rotatable bonds is 4. The number of pyridine rings is 2. The number of nitrogens with one attached hydrogen (secondary N) is 2. The van der Waals surface area contributed by atoms with Gasteiger partial charge in [-0.1, -0.05) is 0 Å². The summed E-state index contributed by atoms with van der Waals surface area (Å²) in [6.07, 6.45) is 16.0. The van der Waals surface area contributed by atoms with Crippen LogP contribution in [0.2, 0.25) is 0 Å². The summed E-state index contributed by atoms with van der Waals surface area (Å²) in [6, 6.07) is 8.00. The van der Waals surface area contributed by atoms with Gasteiger partial charge in [0, 0.05) is 61.4 Å². The first-order chi connectivity index (χ1) is 11.9. The van der Waals surface area contributed by atoms with Crippen molar-refractivity contribution in [2.45, 2.75) is 12.8 Å². The van der Waals surface area contributed by atoms with Gasteiger partial charge in [0.2, 0.25) is 0 Å². The maximum Gasteiger partial charge on any atom is 0.0921 e. The zero-order chi connectivity index (χ0) is 16.5. The number of aromatic amines is 2. The zero-order valence-electron chi connectivity index (χ0n) is 13.1. The van der Waals surface area contributed by atoms with Gasteiger partial charge < -0.3 is 9.97 Å². The maximum atomic E-state index is 3.95. The molecule has 0 amide bonds. The van der Waals surface area contributed by atoms with E-state index < -0.39 is 0 Å². The molecule has 0 spiro atoms. The Morgan fingerprint density at radius 1 is 0.583 bits per heavy atom. The van der Waals surface area contributed by atoms with Crippen LogP contribution in [-0.2, 0) is 12.8 Å². The summed E-state index contributed by atoms with van der Waals surface area (Å²) in [7, 11) is 0. The molecule has 4 aromatic heterocycles. The van der Waals surface area contributed by atoms with Crippen LogP contribution in [0.1, 0.15) is 22.5 Å². The third-order valence-electron chi connectivity index (χ3n) is 3.40. The molecule has 0 unspecified atom stereocenters. The molecule has 0 aliphatic carbocycles. The van der Waals surface area contributed by atoms with E-state index in [1.165, 1.54) is 11.1 Å². The number of hydrogen-bond acceptors (Lipinski definition) is 4. The van der Waals surface area contributed by atoms with E-state index in [2.05, 4.69) is 29.9 Å². The van der Waals surface area contributed by atoms with Gasteiger partial charge in [-0.25, -0.2) is 9.97 Å². The first kappa shape index (κ1) is 15.6. The molecule has 0 radical (unpaired) electrons. The summed E-state index contributed by atoms with van der Waals surface area (Å²) < 4.78 is 0. The second-order valence-electron chi connectivity index (χ2n) is 5.22. The summed E-state index contributed by atoms with van der Waals surface area (Å²) in [4.78, 5) is 21.9. The van der Waals surface area contributed by atoms with Gasteiger partial charge in [-0.05, 0) is 35.4 Å². The van der Waals surface area contributed by atoms with Crippen molar-refractivity contribution < 1.29 is 0 Å². The van der Waals surface area contributed by atoms with Crippen LogP contribution >= 0.6 is 0 Å². The molecule has 0 atom stereocenters. The molecule has 0 aliphatic rings. The number of hydrogen-bond donors (Lipinski definition) is 2. The van der Waals surface area contributed by atoms with E-state index in [0.717, 1.165) is 24.2 Å². The van der Waals surface area contributed by atoms with Gasteiger partial charge in [-0.2, -0.15) is 0 Å². The van der Waals surface area contributed by atoms with Crippen LogP contribution < -0.4 is 0 Å². The molecule has 120 valence electrons. The van der Waals surface area contributed by atoms with Gasteiger partial charge in [0.05, 0.1) is 12.7 Å². The van der Waals surface area contributed by atoms with Crippen molar-refractivity contribution in [1.29, 1.82) is 0 Å². The van der Waals surface area contributed by atoms with Gasteiger partial charge >= 0.3 is 0 Å². The topological polar surface area (TPSA) is 83.1 Å². The molecule has 2 N–H and O–H groups in total. The van der Waals surface area contributed by atoms with Crippen LogP contribution in [0.3, 0.4) is 0 Å². The highest BCUT2D eigenvalue weighted by Gasteiger charge is 1.95. The van der Waals surface area contributed by atoms with Gasteiger partial charge in [0.25, 0.3) is 0 Å². The molecular weight excluding hydrogens is 300 g/mol. The van der Waals surface area contributed by atoms with Crippen LogP contribution in [0.15, 0.2) is 74.1 Å². The van der Waals surface area contributed by atoms with Crippen molar-refractivity contribution in [3.8, 4) is 0 Å². The van der Waals surface area contributed by atoms with Gasteiger partial charge in [0.1, 0.15) is 0 Å². The average molecular weight is 318 g/mol. The number of nitrogens with zero attached hydrogens (tertiary/aromatic N) is 4. The van der Waals surface area contributed by atoms with E-state index in [4.69, 9.17) is 0 Å². The lowest BCUT2D eigenvalue weighted by Gasteiger charge is -1.95. The summed E-state index contributed by atoms with van der Waals surface area (Å²) in [5, 5.41) is 0. The van der Waals surface area contributed by atoms with Crippen molar-refractivity contribution in [2.24, 2.45) is 0 Å². The van der Waals surface area contributed by atoms with Crippen molar-refractivity contribution in [3.05, 3.63) is 96.6 Å². The highest BCUT2D eigenvalue weighted by atomic mass is 14.9. The summed E-state index contributed by atoms with van der Waals surface area (Å²) in [6.45, 7) is 0. The van der Waals surface area contributed by atoms with Gasteiger partial charge in [-0.3, -0.25) is 9.97 Å². The van der Waals surface area contributed by atoms with E-state index in [0.29, 0.717) is 0 Å². The van der Waals surface area contributed by atoms with Crippen molar-refractivity contribution in [3.63, 3.8) is 0 Å². The lowest BCUT2D eigenvalue weighted by atomic mass is 10.2. The Labute approximate surface area is 140 Å². The molecule has 0 aliphatic heterocycles. The second kappa shape index (κ2) is 8.38. The van der Waals surface area contributed by atoms with Crippen molar-refractivity contribution in [2.75, 3.05) is 0 Å². The SMILES string of the molecule is c1cc(Cc2cnc[nH]2)ccn1.c1cc(Cc2cnc[nH]2)ccn1. The van der Waals surface area contributed by atoms with Crippen molar-refractivity contribution in [1.82, 2.24) is 29.9 Å². The lowest BCUT2D eigenvalue weighted by Crippen LogP contribution is -1.87. The lowest BCUT2D eigenvalue weighted by molar-refractivity contribution is 1.09. The second-order valence-corrected chi connectivity index (χ2v) is 5.22. The van der Waals surface area contributed by atoms with Crippen LogP contribution in [0.25, 0.3) is 0 Å². The smallest absolute Gasteiger partial charge is 0.0921 e. The zero-order valence-corrected chi connectivity index (χ0v) is 13.1. The Balaban J connectivity index is 0.000000141. The van der Waals surface area contributed by atoms with E-state index in [9.17, 15) is 0 Å². The molecule has 0 fully saturated rings. The van der Waals surface area contributed by atoms with Crippen LogP contribution in [0, 0.1) is 0 Å². The molecule has 4 aromatic rings. The minimum atomic E-state index is 0.891. The molecule has 6 nitrogen and oxygen atoms in total. The standard InChI is InChI=1S/2C9H9N3/c2*1-3-10-4-2-8(1)5-9-6-11-7-12-9/h2*1-4,6-7H,5H2,(H,11,12). The van der Waals surface area contributed by atoms with Crippen LogP contribution in [0.4, 0.5) is 0 Å². The molecule has 0 saturated heterocycles. The number of imidazole rings is 2. The summed E-state index contributed by atoms with van der Waals surface area (Å²) >= 11 is 0. The summed E-state index contributed by atoms with van der Waals surface area (Å²) in [5.41, 5.74) is 4.74. The third kappa shape index (κ3) is 4.88. The molecule has 6 heteroatoms. The predicted molar refractivity (Wildman–Crippen MR) is 91.3 cm³/mol. The molecule has 0 aromatic carbocycles. The highest BCUT2D eigenvalue weighted by Crippen LogP contribution is 2.04. The monoisotopic (exact) mass is 318 g/mol.